The smallest absolute Gasteiger partial charge is 0.294 e. The number of amides is 3. The molecule has 36 heavy (non-hydrogen) atoms. The summed E-state index contributed by atoms with van der Waals surface area (Å²) in [6.45, 7) is 3.41. The Labute approximate surface area is 221 Å². The van der Waals surface area contributed by atoms with Crippen molar-refractivity contribution in [3.63, 3.8) is 0 Å². The number of methoxy groups -OCH3 is 1. The van der Waals surface area contributed by atoms with Gasteiger partial charge in [0.2, 0.25) is 5.91 Å². The van der Waals surface area contributed by atoms with Gasteiger partial charge in [0, 0.05) is 13.1 Å². The van der Waals surface area contributed by atoms with Crippen molar-refractivity contribution in [3.05, 3.63) is 62.7 Å². The van der Waals surface area contributed by atoms with Crippen LogP contribution in [-0.2, 0) is 16.2 Å². The number of rotatable bonds is 7. The summed E-state index contributed by atoms with van der Waals surface area (Å²) in [5.41, 5.74) is 1.41. The van der Waals surface area contributed by atoms with E-state index in [9.17, 15) is 18.8 Å². The zero-order valence-corrected chi connectivity index (χ0v) is 22.4. The number of imide groups is 1. The molecule has 0 bridgehead atoms. The average molecular weight is 577 g/mol. The molecule has 2 aliphatic heterocycles. The summed E-state index contributed by atoms with van der Waals surface area (Å²) in [5.74, 6) is 0.426. The van der Waals surface area contributed by atoms with Gasteiger partial charge in [-0.2, -0.15) is 0 Å². The first-order chi connectivity index (χ1) is 17.2. The van der Waals surface area contributed by atoms with Crippen LogP contribution in [-0.4, -0.2) is 53.6 Å². The van der Waals surface area contributed by atoms with Crippen LogP contribution in [0.2, 0.25) is 0 Å². The third kappa shape index (κ3) is 6.10. The first kappa shape index (κ1) is 26.2. The number of hydrogen-bond donors (Lipinski definition) is 0. The molecule has 0 radical (unpaired) electrons. The fraction of sp³-hybridized carbons (Fsp3) is 0.346. The molecular weight excluding hydrogens is 551 g/mol. The molecular formula is C26H26BrFN2O5S. The van der Waals surface area contributed by atoms with E-state index in [2.05, 4.69) is 22.9 Å². The average Bonchev–Trinajstić information content (AvgIpc) is 3.11. The van der Waals surface area contributed by atoms with E-state index in [1.165, 1.54) is 19.2 Å². The summed E-state index contributed by atoms with van der Waals surface area (Å²) in [7, 11) is 1.50. The topological polar surface area (TPSA) is 76.2 Å². The van der Waals surface area contributed by atoms with Gasteiger partial charge in [-0.05, 0) is 87.9 Å². The van der Waals surface area contributed by atoms with Crippen LogP contribution in [0.4, 0.5) is 9.18 Å². The summed E-state index contributed by atoms with van der Waals surface area (Å²) < 4.78 is 25.1. The highest BCUT2D eigenvalue weighted by molar-refractivity contribution is 9.10. The molecule has 2 aliphatic rings. The SMILES string of the molecule is COc1cc(/C=C2/SC(=O)N(CC(=O)N3CCC(C)CC3)C2=O)cc(Br)c1OCc1ccc(F)cc1. The predicted molar refractivity (Wildman–Crippen MR) is 139 cm³/mol. The highest BCUT2D eigenvalue weighted by Gasteiger charge is 2.37. The summed E-state index contributed by atoms with van der Waals surface area (Å²) in [4.78, 5) is 41.1. The lowest BCUT2D eigenvalue weighted by molar-refractivity contribution is -0.136. The molecule has 0 N–H and O–H groups in total. The Balaban J connectivity index is 1.46. The van der Waals surface area contributed by atoms with Crippen molar-refractivity contribution >= 4 is 50.8 Å². The molecule has 3 amide bonds. The number of benzene rings is 2. The second kappa shape index (κ2) is 11.5. The molecule has 0 saturated carbocycles. The van der Waals surface area contributed by atoms with Crippen LogP contribution in [0.1, 0.15) is 30.9 Å². The number of hydrogen-bond acceptors (Lipinski definition) is 6. The van der Waals surface area contributed by atoms with E-state index in [0.29, 0.717) is 40.5 Å². The second-order valence-corrected chi connectivity index (χ2v) is 10.6. The van der Waals surface area contributed by atoms with Crippen LogP contribution in [0, 0.1) is 11.7 Å². The third-order valence-corrected chi connectivity index (χ3v) is 7.65. The van der Waals surface area contributed by atoms with Crippen LogP contribution in [0.5, 0.6) is 11.5 Å². The lowest BCUT2D eigenvalue weighted by Crippen LogP contribution is -2.45. The molecule has 7 nitrogen and oxygen atoms in total. The third-order valence-electron chi connectivity index (χ3n) is 6.15. The second-order valence-electron chi connectivity index (χ2n) is 8.78. The van der Waals surface area contributed by atoms with E-state index >= 15 is 0 Å². The maximum Gasteiger partial charge on any atom is 0.294 e. The highest BCUT2D eigenvalue weighted by atomic mass is 79.9. The fourth-order valence-corrected chi connectivity index (χ4v) is 5.39. The summed E-state index contributed by atoms with van der Waals surface area (Å²) in [6.07, 6.45) is 3.44. The number of nitrogens with zero attached hydrogens (tertiary/aromatic N) is 2. The first-order valence-corrected chi connectivity index (χ1v) is 13.1. The maximum atomic E-state index is 13.1. The Morgan fingerprint density at radius 2 is 1.89 bits per heavy atom. The molecule has 2 saturated heterocycles. The quantitative estimate of drug-likeness (QED) is 0.407. The van der Waals surface area contributed by atoms with Gasteiger partial charge in [0.25, 0.3) is 11.1 Å². The summed E-state index contributed by atoms with van der Waals surface area (Å²) in [5, 5.41) is -0.463. The Kier molecular flexibility index (Phi) is 8.35. The predicted octanol–water partition coefficient (Wildman–Crippen LogP) is 5.47. The van der Waals surface area contributed by atoms with E-state index in [-0.39, 0.29) is 29.8 Å². The number of likely N-dealkylation sites (tertiary alicyclic amines) is 1. The molecule has 0 aliphatic carbocycles. The number of piperidine rings is 1. The van der Waals surface area contributed by atoms with Crippen LogP contribution >= 0.6 is 27.7 Å². The van der Waals surface area contributed by atoms with E-state index in [0.717, 1.165) is 35.1 Å². The van der Waals surface area contributed by atoms with Crippen LogP contribution in [0.3, 0.4) is 0 Å². The fourth-order valence-electron chi connectivity index (χ4n) is 3.98. The Morgan fingerprint density at radius 1 is 1.19 bits per heavy atom. The monoisotopic (exact) mass is 576 g/mol. The molecule has 2 fully saturated rings. The van der Waals surface area contributed by atoms with Gasteiger partial charge in [0.05, 0.1) is 16.5 Å². The zero-order chi connectivity index (χ0) is 25.8. The minimum Gasteiger partial charge on any atom is -0.493 e. The largest absolute Gasteiger partial charge is 0.493 e. The number of carbonyl (C=O) groups excluding carboxylic acids is 3. The van der Waals surface area contributed by atoms with Crippen molar-refractivity contribution in [2.45, 2.75) is 26.4 Å². The number of carbonyl (C=O) groups is 3. The molecule has 2 aromatic rings. The van der Waals surface area contributed by atoms with E-state index < -0.39 is 11.1 Å². The van der Waals surface area contributed by atoms with Crippen LogP contribution in [0.25, 0.3) is 6.08 Å². The maximum absolute atomic E-state index is 13.1. The van der Waals surface area contributed by atoms with Gasteiger partial charge >= 0.3 is 0 Å². The van der Waals surface area contributed by atoms with Crippen molar-refractivity contribution in [2.75, 3.05) is 26.7 Å². The van der Waals surface area contributed by atoms with Crippen molar-refractivity contribution in [2.24, 2.45) is 5.92 Å². The van der Waals surface area contributed by atoms with Crippen molar-refractivity contribution in [3.8, 4) is 11.5 Å². The van der Waals surface area contributed by atoms with Crippen molar-refractivity contribution < 1.29 is 28.2 Å². The molecule has 190 valence electrons. The van der Waals surface area contributed by atoms with E-state index in [1.54, 1.807) is 35.2 Å². The molecule has 0 aromatic heterocycles. The van der Waals surface area contributed by atoms with Gasteiger partial charge in [-0.3, -0.25) is 19.3 Å². The normalized spacial score (nSPS) is 17.7. The Hall–Kier alpha value is -2.85. The number of thioether (sulfide) groups is 1. The van der Waals surface area contributed by atoms with Gasteiger partial charge < -0.3 is 14.4 Å². The van der Waals surface area contributed by atoms with Gasteiger partial charge in [0.15, 0.2) is 11.5 Å². The van der Waals surface area contributed by atoms with Crippen molar-refractivity contribution in [1.82, 2.24) is 9.80 Å². The highest BCUT2D eigenvalue weighted by Crippen LogP contribution is 2.39. The van der Waals surface area contributed by atoms with Gasteiger partial charge in [0.1, 0.15) is 19.0 Å². The minimum atomic E-state index is -0.490. The van der Waals surface area contributed by atoms with Gasteiger partial charge in [-0.1, -0.05) is 19.1 Å². The molecule has 10 heteroatoms. The molecule has 2 aromatic carbocycles. The molecule has 4 rings (SSSR count). The molecule has 0 atom stereocenters. The number of ether oxygens (including phenoxy) is 2. The van der Waals surface area contributed by atoms with Crippen molar-refractivity contribution in [1.29, 1.82) is 0 Å². The first-order valence-electron chi connectivity index (χ1n) is 11.5. The standard InChI is InChI=1S/C26H26BrFN2O5S/c1-16-7-9-29(10-8-16)23(31)14-30-25(32)22(36-26(30)33)13-18-11-20(27)24(21(12-18)34-2)35-15-17-3-5-19(28)6-4-17/h3-6,11-13,16H,7-10,14-15H2,1-2H3/b22-13+. The number of halogens is 2. The molecule has 2 heterocycles. The molecule has 0 spiro atoms. The van der Waals surface area contributed by atoms with E-state index in [1.807, 2.05) is 0 Å². The van der Waals surface area contributed by atoms with E-state index in [4.69, 9.17) is 9.47 Å². The lowest BCUT2D eigenvalue weighted by Gasteiger charge is -2.31. The summed E-state index contributed by atoms with van der Waals surface area (Å²) in [6, 6.07) is 9.44. The van der Waals surface area contributed by atoms with Gasteiger partial charge in [-0.15, -0.1) is 0 Å². The van der Waals surface area contributed by atoms with Crippen LogP contribution < -0.4 is 9.47 Å². The van der Waals surface area contributed by atoms with Gasteiger partial charge in [-0.25, -0.2) is 4.39 Å². The minimum absolute atomic E-state index is 0.206. The molecule has 0 unspecified atom stereocenters. The Bertz CT molecular complexity index is 1200. The zero-order valence-electron chi connectivity index (χ0n) is 20.0. The summed E-state index contributed by atoms with van der Waals surface area (Å²) >= 11 is 4.29. The Morgan fingerprint density at radius 3 is 2.56 bits per heavy atom. The lowest BCUT2D eigenvalue weighted by atomic mass is 9.99. The van der Waals surface area contributed by atoms with Crippen LogP contribution in [0.15, 0.2) is 45.8 Å².